The second kappa shape index (κ2) is 8.86. The average molecular weight is 372 g/mol. The summed E-state index contributed by atoms with van der Waals surface area (Å²) in [5.74, 6) is 1.45. The van der Waals surface area contributed by atoms with E-state index in [1.165, 1.54) is 5.56 Å². The molecule has 2 amide bonds. The maximum absolute atomic E-state index is 12.4. The molecule has 0 saturated heterocycles. The Bertz CT molecular complexity index is 803. The average Bonchev–Trinajstić information content (AvgIpc) is 2.95. The largest absolute Gasteiger partial charge is 0.464 e. The Morgan fingerprint density at radius 3 is 2.26 bits per heavy atom. The predicted molar refractivity (Wildman–Crippen MR) is 106 cm³/mol. The van der Waals surface area contributed by atoms with Crippen LogP contribution in [0.5, 0.6) is 0 Å². The minimum atomic E-state index is -0.0975. The summed E-state index contributed by atoms with van der Waals surface area (Å²) in [5, 5.41) is 2.98. The molecule has 27 heavy (non-hydrogen) atoms. The molecule has 1 aromatic carbocycles. The van der Waals surface area contributed by atoms with E-state index in [9.17, 15) is 9.59 Å². The van der Waals surface area contributed by atoms with Gasteiger partial charge in [0.2, 0.25) is 0 Å². The van der Waals surface area contributed by atoms with Gasteiger partial charge in [-0.25, -0.2) is 0 Å². The van der Waals surface area contributed by atoms with Gasteiger partial charge >= 0.3 is 0 Å². The van der Waals surface area contributed by atoms with Crippen LogP contribution in [0.15, 0.2) is 28.7 Å². The van der Waals surface area contributed by atoms with Gasteiger partial charge in [0.05, 0.1) is 13.6 Å². The molecule has 0 bridgehead atoms. The predicted octanol–water partition coefficient (Wildman–Crippen LogP) is 1.63. The summed E-state index contributed by atoms with van der Waals surface area (Å²) in [4.78, 5) is 27.2. The number of quaternary nitrogens is 1. The van der Waals surface area contributed by atoms with Crippen molar-refractivity contribution >= 4 is 17.5 Å². The van der Waals surface area contributed by atoms with Crippen molar-refractivity contribution in [3.63, 3.8) is 0 Å². The highest BCUT2D eigenvalue weighted by Gasteiger charge is 2.19. The Labute approximate surface area is 161 Å². The SMILES string of the molecule is Cc1cc(C)c(NC(=O)C[NH+](C)CC(=O)N(C)Cc2ccc(C)o2)c(C)c1. The molecular weight excluding hydrogens is 342 g/mol. The van der Waals surface area contributed by atoms with Crippen LogP contribution in [0.1, 0.15) is 28.2 Å². The van der Waals surface area contributed by atoms with Crippen molar-refractivity contribution < 1.29 is 18.9 Å². The lowest BCUT2D eigenvalue weighted by atomic mass is 10.1. The van der Waals surface area contributed by atoms with E-state index < -0.39 is 0 Å². The van der Waals surface area contributed by atoms with Crippen molar-refractivity contribution in [1.29, 1.82) is 0 Å². The molecule has 0 aliphatic heterocycles. The smallest absolute Gasteiger partial charge is 0.279 e. The molecule has 2 aromatic rings. The third kappa shape index (κ3) is 5.96. The zero-order valence-electron chi connectivity index (χ0n) is 17.1. The number of benzene rings is 1. The monoisotopic (exact) mass is 372 g/mol. The second-order valence-electron chi connectivity index (χ2n) is 7.39. The highest BCUT2D eigenvalue weighted by Crippen LogP contribution is 2.21. The first-order valence-corrected chi connectivity index (χ1v) is 9.14. The third-order valence-corrected chi connectivity index (χ3v) is 4.47. The quantitative estimate of drug-likeness (QED) is 0.776. The molecule has 1 atom stereocenters. The van der Waals surface area contributed by atoms with Crippen LogP contribution in [0.2, 0.25) is 0 Å². The summed E-state index contributed by atoms with van der Waals surface area (Å²) in [6.45, 7) is 8.78. The molecular formula is C21H30N3O3+. The van der Waals surface area contributed by atoms with Gasteiger partial charge in [0.1, 0.15) is 11.5 Å². The van der Waals surface area contributed by atoms with E-state index in [-0.39, 0.29) is 24.9 Å². The number of carbonyl (C=O) groups is 2. The van der Waals surface area contributed by atoms with Gasteiger partial charge in [-0.05, 0) is 51.0 Å². The summed E-state index contributed by atoms with van der Waals surface area (Å²) < 4.78 is 5.51. The summed E-state index contributed by atoms with van der Waals surface area (Å²) in [6.07, 6.45) is 0. The molecule has 0 fully saturated rings. The van der Waals surface area contributed by atoms with Crippen molar-refractivity contribution in [3.8, 4) is 0 Å². The normalized spacial score (nSPS) is 11.9. The standard InChI is InChI=1S/C21H29N3O3/c1-14-9-15(2)21(16(3)10-14)22-19(25)12-23(5)13-20(26)24(6)11-18-8-7-17(4)27-18/h7-10H,11-13H2,1-6H3,(H,22,25)/p+1. The lowest BCUT2D eigenvalue weighted by Gasteiger charge is -2.19. The first-order valence-electron chi connectivity index (χ1n) is 9.14. The van der Waals surface area contributed by atoms with Crippen molar-refractivity contribution in [2.24, 2.45) is 0 Å². The van der Waals surface area contributed by atoms with E-state index in [0.29, 0.717) is 6.54 Å². The van der Waals surface area contributed by atoms with E-state index in [1.807, 2.05) is 59.0 Å². The van der Waals surface area contributed by atoms with Gasteiger partial charge in [-0.1, -0.05) is 17.7 Å². The van der Waals surface area contributed by atoms with Gasteiger partial charge in [0, 0.05) is 12.7 Å². The topological polar surface area (TPSA) is 67.0 Å². The number of hydrogen-bond donors (Lipinski definition) is 2. The number of furan rings is 1. The fourth-order valence-corrected chi connectivity index (χ4v) is 3.18. The van der Waals surface area contributed by atoms with Crippen molar-refractivity contribution in [3.05, 3.63) is 52.5 Å². The molecule has 6 nitrogen and oxygen atoms in total. The number of nitrogens with one attached hydrogen (secondary N) is 2. The van der Waals surface area contributed by atoms with Crippen LogP contribution >= 0.6 is 0 Å². The van der Waals surface area contributed by atoms with Crippen LogP contribution < -0.4 is 10.2 Å². The second-order valence-corrected chi connectivity index (χ2v) is 7.39. The van der Waals surface area contributed by atoms with Crippen molar-refractivity contribution in [2.45, 2.75) is 34.2 Å². The molecule has 1 heterocycles. The third-order valence-electron chi connectivity index (χ3n) is 4.47. The van der Waals surface area contributed by atoms with Crippen LogP contribution in [0, 0.1) is 27.7 Å². The number of anilines is 1. The molecule has 2 N–H and O–H groups in total. The van der Waals surface area contributed by atoms with E-state index >= 15 is 0 Å². The summed E-state index contributed by atoms with van der Waals surface area (Å²) in [5.41, 5.74) is 4.12. The molecule has 0 aliphatic carbocycles. The lowest BCUT2D eigenvalue weighted by Crippen LogP contribution is -3.11. The number of hydrogen-bond acceptors (Lipinski definition) is 3. The van der Waals surface area contributed by atoms with E-state index in [1.54, 1.807) is 11.9 Å². The van der Waals surface area contributed by atoms with Gasteiger partial charge in [-0.3, -0.25) is 9.59 Å². The molecule has 2 rings (SSSR count). The van der Waals surface area contributed by atoms with E-state index in [4.69, 9.17) is 4.42 Å². The van der Waals surface area contributed by atoms with Gasteiger partial charge in [0.25, 0.3) is 11.8 Å². The number of likely N-dealkylation sites (N-methyl/N-ethyl adjacent to an activating group) is 2. The van der Waals surface area contributed by atoms with E-state index in [0.717, 1.165) is 33.2 Å². The summed E-state index contributed by atoms with van der Waals surface area (Å²) >= 11 is 0. The molecule has 6 heteroatoms. The van der Waals surface area contributed by atoms with Crippen LogP contribution in [-0.4, -0.2) is 43.9 Å². The van der Waals surface area contributed by atoms with Crippen LogP contribution in [-0.2, 0) is 16.1 Å². The minimum Gasteiger partial charge on any atom is -0.464 e. The Kier molecular flexibility index (Phi) is 6.80. The lowest BCUT2D eigenvalue weighted by molar-refractivity contribution is -0.862. The van der Waals surface area contributed by atoms with Gasteiger partial charge in [-0.15, -0.1) is 0 Å². The molecule has 1 aromatic heterocycles. The Hall–Kier alpha value is -2.60. The number of nitrogens with zero attached hydrogens (tertiary/aromatic N) is 1. The molecule has 0 saturated carbocycles. The zero-order valence-corrected chi connectivity index (χ0v) is 17.1. The molecule has 1 unspecified atom stereocenters. The zero-order chi connectivity index (χ0) is 20.1. The van der Waals surface area contributed by atoms with Crippen LogP contribution in [0.4, 0.5) is 5.69 Å². The summed E-state index contributed by atoms with van der Waals surface area (Å²) in [6, 6.07) is 7.85. The van der Waals surface area contributed by atoms with Gasteiger partial charge < -0.3 is 19.5 Å². The Balaban J connectivity index is 1.86. The first-order chi connectivity index (χ1) is 12.7. The number of aryl methyl sites for hydroxylation is 4. The highest BCUT2D eigenvalue weighted by atomic mass is 16.3. The Morgan fingerprint density at radius 2 is 1.70 bits per heavy atom. The number of rotatable bonds is 7. The van der Waals surface area contributed by atoms with Gasteiger partial charge in [-0.2, -0.15) is 0 Å². The molecule has 146 valence electrons. The maximum atomic E-state index is 12.4. The van der Waals surface area contributed by atoms with Gasteiger partial charge in [0.15, 0.2) is 13.1 Å². The van der Waals surface area contributed by atoms with Crippen LogP contribution in [0.3, 0.4) is 0 Å². The summed E-state index contributed by atoms with van der Waals surface area (Å²) in [7, 11) is 3.59. The van der Waals surface area contributed by atoms with Crippen LogP contribution in [0.25, 0.3) is 0 Å². The number of carbonyl (C=O) groups excluding carboxylic acids is 2. The van der Waals surface area contributed by atoms with E-state index in [2.05, 4.69) is 5.32 Å². The molecule has 0 spiro atoms. The molecule has 0 radical (unpaired) electrons. The fraction of sp³-hybridized carbons (Fsp3) is 0.429. The van der Waals surface area contributed by atoms with Crippen molar-refractivity contribution in [2.75, 3.05) is 32.5 Å². The minimum absolute atomic E-state index is 0.0305. The number of amides is 2. The highest BCUT2D eigenvalue weighted by molar-refractivity contribution is 5.93. The Morgan fingerprint density at radius 1 is 1.07 bits per heavy atom. The maximum Gasteiger partial charge on any atom is 0.279 e. The van der Waals surface area contributed by atoms with Crippen molar-refractivity contribution in [1.82, 2.24) is 4.90 Å². The first kappa shape index (κ1) is 20.7. The molecule has 0 aliphatic rings. The fourth-order valence-electron chi connectivity index (χ4n) is 3.18.